The van der Waals surface area contributed by atoms with Gasteiger partial charge in [-0.1, -0.05) is 25.1 Å². The third-order valence-corrected chi connectivity index (χ3v) is 4.39. The molecular formula is C23H22N4O4. The highest BCUT2D eigenvalue weighted by atomic mass is 16.5. The molecule has 0 spiro atoms. The number of pyridine rings is 1. The first-order valence-corrected chi connectivity index (χ1v) is 9.66. The Balaban J connectivity index is 1.60. The van der Waals surface area contributed by atoms with E-state index in [0.717, 1.165) is 12.0 Å². The van der Waals surface area contributed by atoms with E-state index in [2.05, 4.69) is 20.9 Å². The lowest BCUT2D eigenvalue weighted by atomic mass is 10.1. The molecule has 1 aromatic heterocycles. The Kier molecular flexibility index (Phi) is 6.95. The number of carbonyl (C=O) groups is 3. The van der Waals surface area contributed by atoms with Gasteiger partial charge in [0, 0.05) is 30.7 Å². The van der Waals surface area contributed by atoms with E-state index in [1.165, 1.54) is 19.3 Å². The number of aryl methyl sites for hydroxylation is 1. The van der Waals surface area contributed by atoms with Gasteiger partial charge in [0.05, 0.1) is 0 Å². The number of hydrogen-bond acceptors (Lipinski definition) is 5. The first kappa shape index (κ1) is 21.5. The molecule has 0 radical (unpaired) electrons. The molecule has 8 heteroatoms. The van der Waals surface area contributed by atoms with Crippen molar-refractivity contribution < 1.29 is 19.1 Å². The summed E-state index contributed by atoms with van der Waals surface area (Å²) in [6.45, 7) is 1.97. The Morgan fingerprint density at radius 1 is 0.903 bits per heavy atom. The number of amides is 3. The van der Waals surface area contributed by atoms with Gasteiger partial charge in [-0.3, -0.25) is 19.4 Å². The summed E-state index contributed by atoms with van der Waals surface area (Å²) in [6.07, 6.45) is 2.21. The molecule has 0 bridgehead atoms. The fourth-order valence-electron chi connectivity index (χ4n) is 2.79. The number of aromatic nitrogens is 1. The van der Waals surface area contributed by atoms with Crippen molar-refractivity contribution in [3.63, 3.8) is 0 Å². The van der Waals surface area contributed by atoms with Crippen LogP contribution in [0, 0.1) is 0 Å². The van der Waals surface area contributed by atoms with Crippen LogP contribution in [0.5, 0.6) is 11.5 Å². The predicted molar refractivity (Wildman–Crippen MR) is 117 cm³/mol. The number of carbonyl (C=O) groups excluding carboxylic acids is 3. The molecule has 3 rings (SSSR count). The smallest absolute Gasteiger partial charge is 0.314 e. The molecule has 1 heterocycles. The van der Waals surface area contributed by atoms with Crippen molar-refractivity contribution in [3.05, 3.63) is 78.1 Å². The summed E-state index contributed by atoms with van der Waals surface area (Å²) in [5.74, 6) is -0.903. The molecule has 31 heavy (non-hydrogen) atoms. The Morgan fingerprint density at radius 2 is 1.61 bits per heavy atom. The van der Waals surface area contributed by atoms with Gasteiger partial charge in [-0.15, -0.1) is 0 Å². The molecule has 3 aromatic rings. The molecule has 0 aliphatic rings. The van der Waals surface area contributed by atoms with Gasteiger partial charge in [0.15, 0.2) is 0 Å². The van der Waals surface area contributed by atoms with Crippen LogP contribution in [0.25, 0.3) is 0 Å². The SMILES string of the molecule is CCc1ccccc1NC(=O)C(=O)Nc1ccc(Oc2ccnc(C(=O)NC)c2)cc1. The average Bonchev–Trinajstić information content (AvgIpc) is 2.80. The Labute approximate surface area is 179 Å². The van der Waals surface area contributed by atoms with Crippen LogP contribution in [0.3, 0.4) is 0 Å². The van der Waals surface area contributed by atoms with Crippen LogP contribution in [-0.2, 0) is 16.0 Å². The number of rotatable bonds is 6. The van der Waals surface area contributed by atoms with E-state index in [1.54, 1.807) is 42.5 Å². The van der Waals surface area contributed by atoms with Crippen molar-refractivity contribution in [2.45, 2.75) is 13.3 Å². The van der Waals surface area contributed by atoms with Crippen LogP contribution in [-0.4, -0.2) is 29.8 Å². The molecule has 0 saturated heterocycles. The average molecular weight is 418 g/mol. The molecule has 0 atom stereocenters. The normalized spacial score (nSPS) is 10.1. The fourth-order valence-corrected chi connectivity index (χ4v) is 2.79. The lowest BCUT2D eigenvalue weighted by molar-refractivity contribution is -0.133. The second kappa shape index (κ2) is 10.0. The van der Waals surface area contributed by atoms with Gasteiger partial charge in [-0.25, -0.2) is 0 Å². The van der Waals surface area contributed by atoms with Gasteiger partial charge < -0.3 is 20.7 Å². The zero-order chi connectivity index (χ0) is 22.2. The van der Waals surface area contributed by atoms with Crippen LogP contribution in [0.15, 0.2) is 66.9 Å². The lowest BCUT2D eigenvalue weighted by Crippen LogP contribution is -2.29. The zero-order valence-corrected chi connectivity index (χ0v) is 17.1. The fraction of sp³-hybridized carbons (Fsp3) is 0.130. The van der Waals surface area contributed by atoms with Crippen LogP contribution >= 0.6 is 0 Å². The van der Waals surface area contributed by atoms with Crippen molar-refractivity contribution in [3.8, 4) is 11.5 Å². The van der Waals surface area contributed by atoms with Crippen LogP contribution in [0.4, 0.5) is 11.4 Å². The molecule has 158 valence electrons. The first-order chi connectivity index (χ1) is 15.0. The number of benzene rings is 2. The van der Waals surface area contributed by atoms with Gasteiger partial charge >= 0.3 is 11.8 Å². The summed E-state index contributed by atoms with van der Waals surface area (Å²) in [5, 5.41) is 7.68. The Bertz CT molecular complexity index is 1100. The third-order valence-electron chi connectivity index (χ3n) is 4.39. The van der Waals surface area contributed by atoms with Crippen molar-refractivity contribution >= 4 is 29.1 Å². The quantitative estimate of drug-likeness (QED) is 0.532. The van der Waals surface area contributed by atoms with Crippen molar-refractivity contribution in [2.75, 3.05) is 17.7 Å². The maximum atomic E-state index is 12.2. The second-order valence-electron chi connectivity index (χ2n) is 6.50. The van der Waals surface area contributed by atoms with Gasteiger partial charge in [0.25, 0.3) is 5.91 Å². The molecule has 0 aliphatic carbocycles. The zero-order valence-electron chi connectivity index (χ0n) is 17.1. The highest BCUT2D eigenvalue weighted by Crippen LogP contribution is 2.23. The van der Waals surface area contributed by atoms with Gasteiger partial charge in [0.2, 0.25) is 0 Å². The minimum Gasteiger partial charge on any atom is -0.457 e. The number of ether oxygens (including phenoxy) is 1. The van der Waals surface area contributed by atoms with Crippen LogP contribution in [0.1, 0.15) is 23.0 Å². The monoisotopic (exact) mass is 418 g/mol. The molecule has 2 aromatic carbocycles. The molecule has 0 saturated carbocycles. The van der Waals surface area contributed by atoms with Crippen molar-refractivity contribution in [1.82, 2.24) is 10.3 Å². The van der Waals surface area contributed by atoms with E-state index in [4.69, 9.17) is 4.74 Å². The van der Waals surface area contributed by atoms with Gasteiger partial charge in [-0.05, 0) is 48.4 Å². The Morgan fingerprint density at radius 3 is 2.32 bits per heavy atom. The van der Waals surface area contributed by atoms with Crippen LogP contribution < -0.4 is 20.7 Å². The topological polar surface area (TPSA) is 109 Å². The predicted octanol–water partition coefficient (Wildman–Crippen LogP) is 3.37. The number of hydrogen-bond donors (Lipinski definition) is 3. The summed E-state index contributed by atoms with van der Waals surface area (Å²) in [6, 6.07) is 17.0. The van der Waals surface area contributed by atoms with Crippen LogP contribution in [0.2, 0.25) is 0 Å². The largest absolute Gasteiger partial charge is 0.457 e. The van der Waals surface area contributed by atoms with E-state index < -0.39 is 11.8 Å². The second-order valence-corrected chi connectivity index (χ2v) is 6.50. The molecule has 8 nitrogen and oxygen atoms in total. The highest BCUT2D eigenvalue weighted by Gasteiger charge is 2.15. The van der Waals surface area contributed by atoms with Crippen molar-refractivity contribution in [1.29, 1.82) is 0 Å². The van der Waals surface area contributed by atoms with E-state index in [0.29, 0.717) is 22.9 Å². The maximum Gasteiger partial charge on any atom is 0.314 e. The third kappa shape index (κ3) is 5.66. The van der Waals surface area contributed by atoms with E-state index in [-0.39, 0.29) is 11.6 Å². The molecule has 3 N–H and O–H groups in total. The lowest BCUT2D eigenvalue weighted by Gasteiger charge is -2.10. The van der Waals surface area contributed by atoms with E-state index in [1.807, 2.05) is 19.1 Å². The number of para-hydroxylation sites is 1. The molecule has 0 fully saturated rings. The standard InChI is InChI=1S/C23H22N4O4/c1-3-15-6-4-5-7-19(15)27-23(30)22(29)26-16-8-10-17(11-9-16)31-18-12-13-25-20(14-18)21(28)24-2/h4-14H,3H2,1-2H3,(H,24,28)(H,26,29)(H,27,30). The number of nitrogens with one attached hydrogen (secondary N) is 3. The summed E-state index contributed by atoms with van der Waals surface area (Å²) in [4.78, 5) is 40.1. The maximum absolute atomic E-state index is 12.2. The Hall–Kier alpha value is -4.20. The molecule has 0 unspecified atom stereocenters. The summed E-state index contributed by atoms with van der Waals surface area (Å²) >= 11 is 0. The van der Waals surface area contributed by atoms with Gasteiger partial charge in [-0.2, -0.15) is 0 Å². The van der Waals surface area contributed by atoms with E-state index in [9.17, 15) is 14.4 Å². The first-order valence-electron chi connectivity index (χ1n) is 9.66. The summed E-state index contributed by atoms with van der Waals surface area (Å²) < 4.78 is 5.71. The van der Waals surface area contributed by atoms with Crippen molar-refractivity contribution in [2.24, 2.45) is 0 Å². The molecule has 3 amide bonds. The number of anilines is 2. The number of nitrogens with zero attached hydrogens (tertiary/aromatic N) is 1. The van der Waals surface area contributed by atoms with E-state index >= 15 is 0 Å². The molecular weight excluding hydrogens is 396 g/mol. The highest BCUT2D eigenvalue weighted by molar-refractivity contribution is 6.43. The minimum atomic E-state index is -0.774. The van der Waals surface area contributed by atoms with Gasteiger partial charge in [0.1, 0.15) is 17.2 Å². The summed E-state index contributed by atoms with van der Waals surface area (Å²) in [5.41, 5.74) is 2.24. The molecule has 0 aliphatic heterocycles. The minimum absolute atomic E-state index is 0.236. The summed E-state index contributed by atoms with van der Waals surface area (Å²) in [7, 11) is 1.52.